The SMILES string of the molecule is COc1ccc2c(c1OC)OC1c3c(C[NH+]4C=C5N=CC=C5C4)cc(OC4OC5(C=CNC(N)C5OC(=O)CC(=O)O)C(O)C(O)C4O)cc3OCC21. The fourth-order valence-corrected chi connectivity index (χ4v) is 7.91. The van der Waals surface area contributed by atoms with Gasteiger partial charge in [-0.1, -0.05) is 6.07 Å². The number of hydrogen-bond donors (Lipinski definition) is 7. The summed E-state index contributed by atoms with van der Waals surface area (Å²) >= 11 is 0. The lowest BCUT2D eigenvalue weighted by Gasteiger charge is -2.52. The number of aliphatic hydroxyl groups is 3. The molecule has 2 aromatic rings. The predicted molar refractivity (Wildman–Crippen MR) is 180 cm³/mol. The molecule has 6 heterocycles. The van der Waals surface area contributed by atoms with Crippen LogP contribution in [0.2, 0.25) is 0 Å². The normalized spacial score (nSPS) is 32.9. The van der Waals surface area contributed by atoms with E-state index < -0.39 is 66.9 Å². The molecule has 6 aliphatic rings. The number of nitrogens with one attached hydrogen (secondary N) is 2. The molecule has 8 N–H and O–H groups in total. The molecule has 10 unspecified atom stereocenters. The number of allylic oxidation sites excluding steroid dienone is 1. The second-order valence-electron chi connectivity index (χ2n) is 13.6. The van der Waals surface area contributed by atoms with Crippen LogP contribution in [0.5, 0.6) is 28.7 Å². The minimum atomic E-state index is -2.05. The van der Waals surface area contributed by atoms with Crippen LogP contribution in [-0.4, -0.2) is 108 Å². The van der Waals surface area contributed by atoms with Crippen molar-refractivity contribution in [1.82, 2.24) is 5.32 Å². The summed E-state index contributed by atoms with van der Waals surface area (Å²) in [5.41, 5.74) is 8.66. The van der Waals surface area contributed by atoms with Crippen LogP contribution in [0.25, 0.3) is 0 Å². The number of hydrogen-bond acceptors (Lipinski definition) is 15. The molecular formula is C36H39N4O13+. The van der Waals surface area contributed by atoms with Crippen LogP contribution < -0.4 is 39.6 Å². The number of carbonyl (C=O) groups excluding carboxylic acids is 1. The summed E-state index contributed by atoms with van der Waals surface area (Å²) in [4.78, 5) is 29.2. The first-order valence-electron chi connectivity index (χ1n) is 17.0. The fraction of sp³-hybridized carbons (Fsp3) is 0.417. The van der Waals surface area contributed by atoms with Crippen LogP contribution in [0.15, 0.2) is 65.1 Å². The molecule has 1 spiro atoms. The van der Waals surface area contributed by atoms with E-state index in [9.17, 15) is 24.9 Å². The maximum Gasteiger partial charge on any atom is 0.317 e. The number of carboxylic acid groups (broad SMARTS) is 1. The Kier molecular flexibility index (Phi) is 8.79. The van der Waals surface area contributed by atoms with E-state index >= 15 is 0 Å². The van der Waals surface area contributed by atoms with Crippen molar-refractivity contribution < 1.29 is 68.1 Å². The Labute approximate surface area is 302 Å². The lowest BCUT2D eigenvalue weighted by Crippen LogP contribution is -3.04. The molecule has 17 nitrogen and oxygen atoms in total. The Morgan fingerprint density at radius 2 is 1.98 bits per heavy atom. The number of methoxy groups -OCH3 is 2. The number of nitrogens with zero attached hydrogens (tertiary/aromatic N) is 1. The van der Waals surface area contributed by atoms with Gasteiger partial charge in [0.15, 0.2) is 23.2 Å². The number of quaternary nitrogens is 1. The van der Waals surface area contributed by atoms with Crippen LogP contribution >= 0.6 is 0 Å². The van der Waals surface area contributed by atoms with Crippen LogP contribution in [-0.2, 0) is 25.6 Å². The maximum absolute atomic E-state index is 12.5. The van der Waals surface area contributed by atoms with Gasteiger partial charge in [-0.3, -0.25) is 19.5 Å². The molecule has 0 amide bonds. The van der Waals surface area contributed by atoms with Crippen LogP contribution in [0, 0.1) is 0 Å². The average molecular weight is 736 g/mol. The van der Waals surface area contributed by atoms with Crippen molar-refractivity contribution in [3.63, 3.8) is 0 Å². The molecule has 0 bridgehead atoms. The highest BCUT2D eigenvalue weighted by Gasteiger charge is 2.61. The second kappa shape index (κ2) is 13.4. The van der Waals surface area contributed by atoms with Crippen LogP contribution in [0.1, 0.15) is 35.1 Å². The molecule has 0 aromatic heterocycles. The molecule has 1 saturated heterocycles. The van der Waals surface area contributed by atoms with E-state index in [2.05, 4.69) is 10.3 Å². The molecule has 6 aliphatic heterocycles. The number of benzene rings is 2. The molecule has 10 atom stereocenters. The molecule has 53 heavy (non-hydrogen) atoms. The largest absolute Gasteiger partial charge is 0.493 e. The minimum Gasteiger partial charge on any atom is -0.493 e. The van der Waals surface area contributed by atoms with E-state index in [0.29, 0.717) is 36.1 Å². The van der Waals surface area contributed by atoms with Gasteiger partial charge in [-0.05, 0) is 30.5 Å². The first-order chi connectivity index (χ1) is 25.5. The van der Waals surface area contributed by atoms with E-state index in [4.69, 9.17) is 44.0 Å². The molecule has 0 radical (unpaired) electrons. The van der Waals surface area contributed by atoms with Crippen molar-refractivity contribution in [3.05, 3.63) is 76.8 Å². The van der Waals surface area contributed by atoms with Gasteiger partial charge in [0.1, 0.15) is 73.5 Å². The van der Waals surface area contributed by atoms with Gasteiger partial charge in [-0.2, -0.15) is 0 Å². The first kappa shape index (κ1) is 34.9. The molecule has 17 heteroatoms. The van der Waals surface area contributed by atoms with Crippen molar-refractivity contribution in [3.8, 4) is 28.7 Å². The van der Waals surface area contributed by atoms with Gasteiger partial charge in [-0.15, -0.1) is 0 Å². The molecule has 280 valence electrons. The van der Waals surface area contributed by atoms with E-state index in [1.54, 1.807) is 32.6 Å². The number of nitrogens with two attached hydrogens (primary N) is 1. The lowest BCUT2D eigenvalue weighted by atomic mass is 9.79. The smallest absolute Gasteiger partial charge is 0.317 e. The Hall–Kier alpha value is -5.17. The number of carbonyl (C=O) groups is 2. The Morgan fingerprint density at radius 3 is 2.74 bits per heavy atom. The second-order valence-corrected chi connectivity index (χ2v) is 13.6. The number of ether oxygens (including phenoxy) is 7. The molecule has 8 rings (SSSR count). The third-order valence-electron chi connectivity index (χ3n) is 10.4. The van der Waals surface area contributed by atoms with Crippen LogP contribution in [0.3, 0.4) is 0 Å². The summed E-state index contributed by atoms with van der Waals surface area (Å²) in [5.74, 6) is -0.534. The number of rotatable bonds is 9. The Balaban J connectivity index is 1.15. The average Bonchev–Trinajstić information content (AvgIpc) is 3.84. The van der Waals surface area contributed by atoms with E-state index in [1.807, 2.05) is 24.4 Å². The molecule has 0 aliphatic carbocycles. The summed E-state index contributed by atoms with van der Waals surface area (Å²) in [6.45, 7) is 1.42. The van der Waals surface area contributed by atoms with E-state index in [1.165, 1.54) is 12.3 Å². The molecule has 1 fully saturated rings. The van der Waals surface area contributed by atoms with Crippen molar-refractivity contribution in [2.75, 3.05) is 27.4 Å². The number of aliphatic imine (C=N–C) groups is 1. The summed E-state index contributed by atoms with van der Waals surface area (Å²) in [6, 6.07) is 7.19. The summed E-state index contributed by atoms with van der Waals surface area (Å²) in [6.07, 6.45) is -2.94. The molecule has 2 aromatic carbocycles. The topological polar surface area (TPSA) is 235 Å². The summed E-state index contributed by atoms with van der Waals surface area (Å²) in [5, 5.41) is 45.4. The zero-order valence-corrected chi connectivity index (χ0v) is 28.6. The fourth-order valence-electron chi connectivity index (χ4n) is 7.91. The summed E-state index contributed by atoms with van der Waals surface area (Å²) in [7, 11) is 3.11. The highest BCUT2D eigenvalue weighted by Crippen LogP contribution is 2.57. The van der Waals surface area contributed by atoms with Gasteiger partial charge in [0, 0.05) is 34.5 Å². The van der Waals surface area contributed by atoms with E-state index in [-0.39, 0.29) is 18.3 Å². The van der Waals surface area contributed by atoms with Gasteiger partial charge in [-0.25, -0.2) is 0 Å². The highest BCUT2D eigenvalue weighted by molar-refractivity contribution is 5.90. The molecule has 0 saturated carbocycles. The predicted octanol–water partition coefficient (Wildman–Crippen LogP) is -1.09. The maximum atomic E-state index is 12.5. The Morgan fingerprint density at radius 1 is 1.15 bits per heavy atom. The third-order valence-corrected chi connectivity index (χ3v) is 10.4. The lowest BCUT2D eigenvalue weighted by molar-refractivity contribution is -0.851. The van der Waals surface area contributed by atoms with Gasteiger partial charge in [0.25, 0.3) is 0 Å². The van der Waals surface area contributed by atoms with E-state index in [0.717, 1.165) is 32.9 Å². The van der Waals surface area contributed by atoms with Gasteiger partial charge >= 0.3 is 11.9 Å². The van der Waals surface area contributed by atoms with Gasteiger partial charge < -0.3 is 64.6 Å². The van der Waals surface area contributed by atoms with Gasteiger partial charge in [0.05, 0.1) is 26.7 Å². The van der Waals surface area contributed by atoms with Crippen molar-refractivity contribution in [1.29, 1.82) is 0 Å². The number of carboxylic acids is 1. The molecular weight excluding hydrogens is 696 g/mol. The monoisotopic (exact) mass is 735 g/mol. The van der Waals surface area contributed by atoms with Crippen LogP contribution in [0.4, 0.5) is 0 Å². The first-order valence-corrected chi connectivity index (χ1v) is 17.0. The highest BCUT2D eigenvalue weighted by atomic mass is 16.7. The zero-order valence-electron chi connectivity index (χ0n) is 28.6. The zero-order chi connectivity index (χ0) is 37.2. The van der Waals surface area contributed by atoms with Crippen molar-refractivity contribution in [2.45, 2.75) is 67.5 Å². The third kappa shape index (κ3) is 5.85. The number of fused-ring (bicyclic) bond motifs is 6. The number of aliphatic carboxylic acids is 1. The quantitative estimate of drug-likeness (QED) is 0.120. The standard InChI is InChI=1S/C36H38N4O13/c1-47-22-4-3-19-20-15-49-23-10-18(9-17(13-40-12-16-5-7-38-21(16)14-40)26(23)29(20)52-30(19)31(22)48-2)50-35-28(45)27(44)32(46)36(53-35)6-8-39-34(37)33(36)51-25(43)11-24(41)42/h3-10,14,20,27-29,32-35,39,44-46H,11-13,15,37H2,1-2H3,(H,41,42)/p+1. The minimum absolute atomic E-state index is 0.168. The van der Waals surface area contributed by atoms with Crippen molar-refractivity contribution >= 4 is 18.2 Å². The summed E-state index contributed by atoms with van der Waals surface area (Å²) < 4.78 is 42.1. The van der Waals surface area contributed by atoms with Gasteiger partial charge in [0.2, 0.25) is 12.0 Å². The van der Waals surface area contributed by atoms with Crippen molar-refractivity contribution in [2.24, 2.45) is 10.7 Å². The number of aliphatic hydroxyl groups excluding tert-OH is 3. The number of esters is 1. The Bertz CT molecular complexity index is 1960.